The van der Waals surface area contributed by atoms with Crippen molar-refractivity contribution in [3.63, 3.8) is 0 Å². The van der Waals surface area contributed by atoms with Gasteiger partial charge in [0.2, 0.25) is 5.91 Å². The molecular weight excluding hydrogens is 576 g/mol. The number of hydrogen-bond acceptors (Lipinski definition) is 7. The van der Waals surface area contributed by atoms with Crippen molar-refractivity contribution in [2.75, 3.05) is 51.8 Å². The van der Waals surface area contributed by atoms with E-state index in [-0.39, 0.29) is 73.8 Å². The molecule has 230 valence electrons. The lowest BCUT2D eigenvalue weighted by atomic mass is 9.77. The van der Waals surface area contributed by atoms with E-state index in [1.165, 1.54) is 30.2 Å². The quantitative estimate of drug-likeness (QED) is 0.373. The van der Waals surface area contributed by atoms with Crippen LogP contribution in [0.4, 0.5) is 14.5 Å². The van der Waals surface area contributed by atoms with E-state index in [2.05, 4.69) is 15.2 Å². The molecule has 0 radical (unpaired) electrons. The van der Waals surface area contributed by atoms with Gasteiger partial charge in [0.15, 0.2) is 5.75 Å². The van der Waals surface area contributed by atoms with Gasteiger partial charge in [-0.2, -0.15) is 13.9 Å². The molecule has 0 aliphatic carbocycles. The Morgan fingerprint density at radius 3 is 2.45 bits per heavy atom. The fraction of sp³-hybridized carbons (Fsp3) is 0.571. The first kappa shape index (κ1) is 31.6. The number of benzene rings is 1. The summed E-state index contributed by atoms with van der Waals surface area (Å²) >= 11 is 5.98. The molecule has 42 heavy (non-hydrogen) atoms. The van der Waals surface area contributed by atoms with E-state index < -0.39 is 29.4 Å². The van der Waals surface area contributed by atoms with Gasteiger partial charge in [-0.15, -0.1) is 0 Å². The summed E-state index contributed by atoms with van der Waals surface area (Å²) in [5.41, 5.74) is -1.42. The van der Waals surface area contributed by atoms with Crippen molar-refractivity contribution in [3.05, 3.63) is 41.2 Å². The van der Waals surface area contributed by atoms with Crippen molar-refractivity contribution in [3.8, 4) is 5.75 Å². The molecule has 14 heteroatoms. The third-order valence-corrected chi connectivity index (χ3v) is 8.26. The minimum absolute atomic E-state index is 0.0374. The molecule has 0 bridgehead atoms. The number of carboxylic acids is 1. The highest BCUT2D eigenvalue weighted by molar-refractivity contribution is 6.30. The molecule has 11 nitrogen and oxygen atoms in total. The van der Waals surface area contributed by atoms with Crippen molar-refractivity contribution in [1.82, 2.24) is 19.6 Å². The molecule has 0 unspecified atom stereocenters. The van der Waals surface area contributed by atoms with Crippen molar-refractivity contribution < 1.29 is 37.7 Å². The standard InChI is InChI=1S/C28H36ClF2N5O6/c1-18(2)21-6-10-32-36(21)28(24(38)33-20-5-4-19(29)14-22(20)42-26(30)31)8-11-34(12-9-28)15-27(25(39)40)16-35(17-27)23(37)7-13-41-3/h4-6,10,14,18,26H,7-9,11-13,15-17H2,1-3H3,(H,33,38)(H,39,40). The van der Waals surface area contributed by atoms with Gasteiger partial charge in [-0.3, -0.25) is 19.1 Å². The molecule has 0 saturated carbocycles. The number of nitrogens with one attached hydrogen (secondary N) is 1. The number of piperidine rings is 1. The number of nitrogens with zero attached hydrogens (tertiary/aromatic N) is 4. The second-order valence-electron chi connectivity index (χ2n) is 11.2. The topological polar surface area (TPSA) is 126 Å². The van der Waals surface area contributed by atoms with E-state index in [1.54, 1.807) is 10.9 Å². The van der Waals surface area contributed by atoms with Gasteiger partial charge in [0.05, 0.1) is 18.7 Å². The third-order valence-electron chi connectivity index (χ3n) is 8.02. The highest BCUT2D eigenvalue weighted by Crippen LogP contribution is 2.39. The first-order valence-corrected chi connectivity index (χ1v) is 14.1. The monoisotopic (exact) mass is 611 g/mol. The number of hydrogen-bond donors (Lipinski definition) is 2. The summed E-state index contributed by atoms with van der Waals surface area (Å²) < 4.78 is 37.4. The summed E-state index contributed by atoms with van der Waals surface area (Å²) in [5.74, 6) is -1.81. The maximum absolute atomic E-state index is 14.0. The minimum atomic E-state index is -3.12. The molecule has 2 N–H and O–H groups in total. The van der Waals surface area contributed by atoms with Gasteiger partial charge < -0.3 is 29.7 Å². The van der Waals surface area contributed by atoms with Gasteiger partial charge in [-0.1, -0.05) is 25.4 Å². The number of carboxylic acid groups (broad SMARTS) is 1. The number of likely N-dealkylation sites (tertiary alicyclic amines) is 2. The molecular formula is C28H36ClF2N5O6. The summed E-state index contributed by atoms with van der Waals surface area (Å²) in [7, 11) is 1.50. The average Bonchev–Trinajstić information content (AvgIpc) is 3.41. The molecule has 1 aromatic carbocycles. The Hall–Kier alpha value is -3.29. The Morgan fingerprint density at radius 1 is 1.17 bits per heavy atom. The fourth-order valence-corrected chi connectivity index (χ4v) is 5.86. The third kappa shape index (κ3) is 6.52. The van der Waals surface area contributed by atoms with Gasteiger partial charge >= 0.3 is 12.6 Å². The molecule has 2 aromatic rings. The molecule has 1 aromatic heterocycles. The van der Waals surface area contributed by atoms with Crippen LogP contribution in [-0.4, -0.2) is 95.5 Å². The molecule has 3 heterocycles. The van der Waals surface area contributed by atoms with Crippen LogP contribution in [0, 0.1) is 5.41 Å². The number of methoxy groups -OCH3 is 1. The summed E-state index contributed by atoms with van der Waals surface area (Å²) in [6.07, 6.45) is 2.37. The lowest BCUT2D eigenvalue weighted by Gasteiger charge is -2.50. The first-order valence-electron chi connectivity index (χ1n) is 13.7. The predicted molar refractivity (Wildman–Crippen MR) is 150 cm³/mol. The molecule has 4 rings (SSSR count). The highest BCUT2D eigenvalue weighted by atomic mass is 35.5. The van der Waals surface area contributed by atoms with E-state index >= 15 is 0 Å². The second-order valence-corrected chi connectivity index (χ2v) is 11.6. The zero-order chi connectivity index (χ0) is 30.7. The largest absolute Gasteiger partial charge is 0.481 e. The number of carbonyl (C=O) groups is 3. The number of anilines is 1. The smallest absolute Gasteiger partial charge is 0.387 e. The van der Waals surface area contributed by atoms with Crippen LogP contribution in [0.5, 0.6) is 5.75 Å². The molecule has 2 aliphatic rings. The number of aromatic nitrogens is 2. The van der Waals surface area contributed by atoms with Crippen LogP contribution in [-0.2, 0) is 24.7 Å². The fourth-order valence-electron chi connectivity index (χ4n) is 5.70. The lowest BCUT2D eigenvalue weighted by molar-refractivity contribution is -0.169. The molecule has 0 spiro atoms. The van der Waals surface area contributed by atoms with Crippen LogP contribution < -0.4 is 10.1 Å². The second kappa shape index (κ2) is 12.9. The predicted octanol–water partition coefficient (Wildman–Crippen LogP) is 3.64. The Labute approximate surface area is 247 Å². The van der Waals surface area contributed by atoms with E-state index in [1.807, 2.05) is 24.8 Å². The molecule has 0 atom stereocenters. The first-order chi connectivity index (χ1) is 19.9. The zero-order valence-corrected chi connectivity index (χ0v) is 24.6. The molecule has 2 saturated heterocycles. The normalized spacial score (nSPS) is 18.1. The van der Waals surface area contributed by atoms with Gasteiger partial charge in [-0.25, -0.2) is 0 Å². The summed E-state index contributed by atoms with van der Waals surface area (Å²) in [5, 5.41) is 17.5. The maximum Gasteiger partial charge on any atom is 0.387 e. The van der Waals surface area contributed by atoms with Crippen LogP contribution in [0.1, 0.15) is 44.7 Å². The van der Waals surface area contributed by atoms with E-state index in [0.717, 1.165) is 5.69 Å². The number of aliphatic carboxylic acids is 1. The number of amides is 2. The van der Waals surface area contributed by atoms with Crippen LogP contribution in [0.25, 0.3) is 0 Å². The number of halogens is 3. The minimum Gasteiger partial charge on any atom is -0.481 e. The summed E-state index contributed by atoms with van der Waals surface area (Å²) in [6, 6.07) is 5.91. The Balaban J connectivity index is 1.55. The zero-order valence-electron chi connectivity index (χ0n) is 23.8. The summed E-state index contributed by atoms with van der Waals surface area (Å²) in [6.45, 7) is 2.28. The van der Waals surface area contributed by atoms with E-state index in [9.17, 15) is 28.3 Å². The van der Waals surface area contributed by atoms with Gasteiger partial charge in [0, 0.05) is 62.8 Å². The van der Waals surface area contributed by atoms with Crippen molar-refractivity contribution in [2.45, 2.75) is 51.2 Å². The summed E-state index contributed by atoms with van der Waals surface area (Å²) in [4.78, 5) is 42.2. The van der Waals surface area contributed by atoms with Crippen molar-refractivity contribution >= 4 is 35.1 Å². The van der Waals surface area contributed by atoms with Crippen LogP contribution in [0.15, 0.2) is 30.5 Å². The number of rotatable bonds is 12. The molecule has 2 fully saturated rings. The average molecular weight is 612 g/mol. The van der Waals surface area contributed by atoms with Crippen molar-refractivity contribution in [2.24, 2.45) is 5.41 Å². The Bertz CT molecular complexity index is 1290. The maximum atomic E-state index is 14.0. The van der Waals surface area contributed by atoms with Gasteiger partial charge in [-0.05, 0) is 37.0 Å². The molecule has 2 aliphatic heterocycles. The van der Waals surface area contributed by atoms with Crippen LogP contribution in [0.2, 0.25) is 5.02 Å². The van der Waals surface area contributed by atoms with E-state index in [0.29, 0.717) is 13.1 Å². The Kier molecular flexibility index (Phi) is 9.74. The van der Waals surface area contributed by atoms with Gasteiger partial charge in [0.25, 0.3) is 5.91 Å². The number of carbonyl (C=O) groups excluding carboxylic acids is 2. The van der Waals surface area contributed by atoms with E-state index in [4.69, 9.17) is 16.3 Å². The SMILES string of the molecule is COCCC(=O)N1CC(CN2CCC(C(=O)Nc3ccc(Cl)cc3OC(F)F)(n3nccc3C(C)C)CC2)(C(=O)O)C1. The highest BCUT2D eigenvalue weighted by Gasteiger charge is 2.53. The number of alkyl halides is 2. The van der Waals surface area contributed by atoms with Crippen LogP contribution in [0.3, 0.4) is 0 Å². The van der Waals surface area contributed by atoms with Crippen molar-refractivity contribution in [1.29, 1.82) is 0 Å². The van der Waals surface area contributed by atoms with Crippen LogP contribution >= 0.6 is 11.6 Å². The lowest BCUT2D eigenvalue weighted by Crippen LogP contribution is -2.67. The Morgan fingerprint density at radius 2 is 1.86 bits per heavy atom. The van der Waals surface area contributed by atoms with Gasteiger partial charge in [0.1, 0.15) is 11.0 Å². The number of ether oxygens (including phenoxy) is 2. The molecule has 2 amide bonds.